The zero-order valence-corrected chi connectivity index (χ0v) is 15.7. The van der Waals surface area contributed by atoms with Crippen LogP contribution in [0.1, 0.15) is 19.4 Å². The van der Waals surface area contributed by atoms with Crippen LogP contribution in [0.2, 0.25) is 0 Å². The molecule has 144 valence electrons. The van der Waals surface area contributed by atoms with Gasteiger partial charge in [0.05, 0.1) is 4.92 Å². The Bertz CT molecular complexity index is 723. The molecule has 2 N–H and O–H groups in total. The summed E-state index contributed by atoms with van der Waals surface area (Å²) in [6.07, 6.45) is -1.54. The Hall–Kier alpha value is -1.84. The van der Waals surface area contributed by atoms with Crippen molar-refractivity contribution in [2.24, 2.45) is 0 Å². The van der Waals surface area contributed by atoms with E-state index in [1.807, 2.05) is 0 Å². The average molecular weight is 432 g/mol. The molecule has 1 aromatic rings. The summed E-state index contributed by atoms with van der Waals surface area (Å²) in [5, 5.41) is 22.0. The molecular weight excluding hydrogens is 418 g/mol. The highest BCUT2D eigenvalue weighted by atomic mass is 35.6. The molecule has 0 aliphatic carbocycles. The van der Waals surface area contributed by atoms with Crippen molar-refractivity contribution in [2.45, 2.75) is 35.7 Å². The molecule has 0 heterocycles. The second-order valence-corrected chi connectivity index (χ2v) is 7.96. The summed E-state index contributed by atoms with van der Waals surface area (Å²) < 4.78 is 16.3. The Morgan fingerprint density at radius 2 is 1.96 bits per heavy atom. The number of amides is 1. The number of nitro groups is 1. The second kappa shape index (κ2) is 8.24. The molecular formula is C14H14Cl3FN2O6. The average Bonchev–Trinajstić information content (AvgIpc) is 2.46. The van der Waals surface area contributed by atoms with Crippen molar-refractivity contribution >= 4 is 52.6 Å². The highest BCUT2D eigenvalue weighted by Crippen LogP contribution is 2.40. The minimum atomic E-state index is -1.97. The first-order valence-electron chi connectivity index (χ1n) is 6.96. The molecule has 0 aliphatic rings. The smallest absolute Gasteiger partial charge is 0.408 e. The van der Waals surface area contributed by atoms with Gasteiger partial charge in [0, 0.05) is 12.5 Å². The maximum absolute atomic E-state index is 13.3. The third-order valence-corrected chi connectivity index (χ3v) is 4.63. The Kier molecular flexibility index (Phi) is 7.03. The van der Waals surface area contributed by atoms with Crippen LogP contribution in [0.3, 0.4) is 0 Å². The minimum absolute atomic E-state index is 0.117. The normalized spacial score (nSPS) is 13.0. The zero-order chi connectivity index (χ0) is 20.3. The quantitative estimate of drug-likeness (QED) is 0.403. The number of carbonyl (C=O) groups is 2. The van der Waals surface area contributed by atoms with E-state index in [4.69, 9.17) is 39.5 Å². The maximum Gasteiger partial charge on any atom is 0.408 e. The highest BCUT2D eigenvalue weighted by Gasteiger charge is 2.44. The number of halogens is 4. The monoisotopic (exact) mass is 430 g/mol. The summed E-state index contributed by atoms with van der Waals surface area (Å²) in [4.78, 5) is 33.0. The van der Waals surface area contributed by atoms with Crippen LogP contribution in [0.25, 0.3) is 0 Å². The van der Waals surface area contributed by atoms with Gasteiger partial charge >= 0.3 is 17.7 Å². The lowest BCUT2D eigenvalue weighted by Gasteiger charge is -2.32. The molecule has 26 heavy (non-hydrogen) atoms. The molecule has 0 radical (unpaired) electrons. The Morgan fingerprint density at radius 3 is 2.42 bits per heavy atom. The van der Waals surface area contributed by atoms with Crippen molar-refractivity contribution in [3.8, 4) is 0 Å². The van der Waals surface area contributed by atoms with Crippen molar-refractivity contribution in [1.82, 2.24) is 5.32 Å². The first kappa shape index (κ1) is 22.2. The number of alkyl carbamates (subject to hydrolysis) is 1. The van der Waals surface area contributed by atoms with Crippen molar-refractivity contribution in [1.29, 1.82) is 0 Å². The van der Waals surface area contributed by atoms with Crippen LogP contribution in [0.4, 0.5) is 14.9 Å². The number of carbonyl (C=O) groups excluding carboxylic acids is 1. The molecule has 0 aliphatic heterocycles. The van der Waals surface area contributed by atoms with Gasteiger partial charge in [-0.1, -0.05) is 40.9 Å². The summed E-state index contributed by atoms with van der Waals surface area (Å²) in [6, 6.07) is 1.36. The number of nitrogens with zero attached hydrogens (tertiary/aromatic N) is 1. The molecule has 0 saturated heterocycles. The topological polar surface area (TPSA) is 119 Å². The fraction of sp³-hybridized carbons (Fsp3) is 0.429. The summed E-state index contributed by atoms with van der Waals surface area (Å²) >= 11 is 17.0. The second-order valence-electron chi connectivity index (χ2n) is 5.68. The van der Waals surface area contributed by atoms with Gasteiger partial charge in [-0.15, -0.1) is 0 Å². The van der Waals surface area contributed by atoms with E-state index in [9.17, 15) is 29.2 Å². The summed E-state index contributed by atoms with van der Waals surface area (Å²) in [5.41, 5.74) is -2.27. The first-order chi connectivity index (χ1) is 11.7. The van der Waals surface area contributed by atoms with E-state index in [0.717, 1.165) is 18.2 Å². The van der Waals surface area contributed by atoms with Crippen LogP contribution < -0.4 is 5.32 Å². The van der Waals surface area contributed by atoms with Gasteiger partial charge in [-0.05, 0) is 25.5 Å². The molecule has 0 unspecified atom stereocenters. The van der Waals surface area contributed by atoms with Crippen LogP contribution in [-0.4, -0.2) is 37.5 Å². The van der Waals surface area contributed by atoms with Gasteiger partial charge in [0.25, 0.3) is 0 Å². The number of carboxylic acids is 1. The number of benzene rings is 1. The maximum atomic E-state index is 13.3. The lowest BCUT2D eigenvalue weighted by atomic mass is 10.1. The van der Waals surface area contributed by atoms with Crippen molar-refractivity contribution < 1.29 is 28.7 Å². The summed E-state index contributed by atoms with van der Waals surface area (Å²) in [6.45, 7) is 2.61. The molecule has 1 aromatic carbocycles. The predicted octanol–water partition coefficient (Wildman–Crippen LogP) is 3.60. The number of rotatable bonds is 6. The van der Waals surface area contributed by atoms with Crippen LogP contribution in [-0.2, 0) is 16.0 Å². The van der Waals surface area contributed by atoms with Gasteiger partial charge < -0.3 is 15.2 Å². The van der Waals surface area contributed by atoms with E-state index < -0.39 is 43.9 Å². The van der Waals surface area contributed by atoms with E-state index in [1.54, 1.807) is 0 Å². The van der Waals surface area contributed by atoms with Crippen LogP contribution in [0, 0.1) is 15.9 Å². The van der Waals surface area contributed by atoms with Crippen LogP contribution in [0.5, 0.6) is 0 Å². The Morgan fingerprint density at radius 1 is 1.38 bits per heavy atom. The largest absolute Gasteiger partial charge is 0.480 e. The van der Waals surface area contributed by atoms with Crippen molar-refractivity contribution in [3.63, 3.8) is 0 Å². The van der Waals surface area contributed by atoms with Gasteiger partial charge in [-0.25, -0.2) is 9.59 Å². The lowest BCUT2D eigenvalue weighted by Crippen LogP contribution is -2.48. The number of alkyl halides is 3. The molecule has 1 rings (SSSR count). The molecule has 0 spiro atoms. The van der Waals surface area contributed by atoms with E-state index in [2.05, 4.69) is 5.32 Å². The number of hydrogen-bond acceptors (Lipinski definition) is 5. The van der Waals surface area contributed by atoms with Gasteiger partial charge in [-0.2, -0.15) is 4.39 Å². The standard InChI is InChI=1S/C14H14Cl3FN2O6/c1-13(2,14(15,16)17)26-12(23)19-9(11(21)22)5-7-3-4-8(18)10(6-7)20(24)25/h3-4,6,9H,5H2,1-2H3,(H,19,23)(H,21,22)/t9-/m1/s1. The molecule has 0 bridgehead atoms. The highest BCUT2D eigenvalue weighted by molar-refractivity contribution is 6.68. The number of hydrogen-bond donors (Lipinski definition) is 2. The molecule has 1 atom stereocenters. The molecule has 1 amide bonds. The molecule has 0 fully saturated rings. The lowest BCUT2D eigenvalue weighted by molar-refractivity contribution is -0.387. The third kappa shape index (κ3) is 5.86. The van der Waals surface area contributed by atoms with E-state index in [1.165, 1.54) is 13.8 Å². The van der Waals surface area contributed by atoms with Gasteiger partial charge in [-0.3, -0.25) is 10.1 Å². The third-order valence-electron chi connectivity index (χ3n) is 3.27. The Balaban J connectivity index is 2.91. The fourth-order valence-electron chi connectivity index (χ4n) is 1.72. The van der Waals surface area contributed by atoms with Gasteiger partial charge in [0.2, 0.25) is 9.61 Å². The SMILES string of the molecule is CC(C)(OC(=O)N[C@H](Cc1ccc(F)c([N+](=O)[O-])c1)C(=O)O)C(Cl)(Cl)Cl. The van der Waals surface area contributed by atoms with Crippen molar-refractivity contribution in [3.05, 3.63) is 39.7 Å². The number of carboxylic acid groups (broad SMARTS) is 1. The number of nitro benzene ring substituents is 1. The minimum Gasteiger partial charge on any atom is -0.480 e. The summed E-state index contributed by atoms with van der Waals surface area (Å²) in [7, 11) is 0. The summed E-state index contributed by atoms with van der Waals surface area (Å²) in [5.74, 6) is -2.51. The zero-order valence-electron chi connectivity index (χ0n) is 13.5. The van der Waals surface area contributed by atoms with E-state index in [0.29, 0.717) is 0 Å². The number of nitrogens with one attached hydrogen (secondary N) is 1. The molecule has 12 heteroatoms. The Labute approximate surface area is 162 Å². The van der Waals surface area contributed by atoms with Crippen LogP contribution >= 0.6 is 34.8 Å². The van der Waals surface area contributed by atoms with Gasteiger partial charge in [0.1, 0.15) is 6.04 Å². The molecule has 0 saturated carbocycles. The molecule has 8 nitrogen and oxygen atoms in total. The predicted molar refractivity (Wildman–Crippen MR) is 92.2 cm³/mol. The number of aliphatic carboxylic acids is 1. The first-order valence-corrected chi connectivity index (χ1v) is 8.10. The number of ether oxygens (including phenoxy) is 1. The van der Waals surface area contributed by atoms with E-state index in [-0.39, 0.29) is 12.0 Å². The van der Waals surface area contributed by atoms with Crippen LogP contribution in [0.15, 0.2) is 18.2 Å². The van der Waals surface area contributed by atoms with Gasteiger partial charge in [0.15, 0.2) is 5.60 Å². The molecule has 0 aromatic heterocycles. The fourth-order valence-corrected chi connectivity index (χ4v) is 1.84. The van der Waals surface area contributed by atoms with E-state index >= 15 is 0 Å². The van der Waals surface area contributed by atoms with Crippen molar-refractivity contribution in [2.75, 3.05) is 0 Å².